The van der Waals surface area contributed by atoms with Crippen molar-refractivity contribution in [2.45, 2.75) is 50.2 Å². The average Bonchev–Trinajstić information content (AvgIpc) is 2.66. The number of carboxylic acids is 2. The standard InChI is InChI=1S/C16H26N6O9/c17-6-12(25)20-7(2-4-13(26)27)14(28)21-8(1-3-10(18)23)15(29)22-9(16(30)31)5-11(19)24/h7-9H,1-6,17H2,(H2,18,23)(H2,19,24)(H,20,25)(H,21,28)(H,22,29)(H,26,27)(H,30,31). The number of carbonyl (C=O) groups is 7. The lowest BCUT2D eigenvalue weighted by molar-refractivity contribution is -0.144. The van der Waals surface area contributed by atoms with Crippen molar-refractivity contribution in [3.63, 3.8) is 0 Å². The molecular formula is C16H26N6O9. The zero-order valence-electron chi connectivity index (χ0n) is 16.5. The summed E-state index contributed by atoms with van der Waals surface area (Å²) in [7, 11) is 0. The van der Waals surface area contributed by atoms with Gasteiger partial charge in [-0.1, -0.05) is 0 Å². The molecule has 0 saturated heterocycles. The Hall–Kier alpha value is -3.75. The van der Waals surface area contributed by atoms with Crippen LogP contribution in [0.2, 0.25) is 0 Å². The van der Waals surface area contributed by atoms with Crippen LogP contribution in [0, 0.1) is 0 Å². The summed E-state index contributed by atoms with van der Waals surface area (Å²) in [5.41, 5.74) is 15.1. The van der Waals surface area contributed by atoms with Gasteiger partial charge in [-0.3, -0.25) is 28.8 Å². The summed E-state index contributed by atoms with van der Waals surface area (Å²) in [6.45, 7) is -0.490. The quantitative estimate of drug-likeness (QED) is 0.119. The number of hydrogen-bond acceptors (Lipinski definition) is 8. The van der Waals surface area contributed by atoms with E-state index in [-0.39, 0.29) is 19.3 Å². The smallest absolute Gasteiger partial charge is 0.326 e. The Bertz CT molecular complexity index is 726. The SMILES string of the molecule is NCC(=O)NC(CCC(=O)O)C(=O)NC(CCC(N)=O)C(=O)NC(CC(N)=O)C(=O)O. The van der Waals surface area contributed by atoms with Crippen LogP contribution >= 0.6 is 0 Å². The molecule has 0 aliphatic carbocycles. The molecule has 0 rings (SSSR count). The molecule has 0 saturated carbocycles. The number of aliphatic carboxylic acids is 2. The van der Waals surface area contributed by atoms with Crippen LogP contribution in [-0.2, 0) is 33.6 Å². The minimum Gasteiger partial charge on any atom is -0.481 e. The first-order valence-corrected chi connectivity index (χ1v) is 8.98. The van der Waals surface area contributed by atoms with Gasteiger partial charge in [0.15, 0.2) is 0 Å². The van der Waals surface area contributed by atoms with Crippen molar-refractivity contribution in [2.75, 3.05) is 6.54 Å². The Morgan fingerprint density at radius 1 is 0.710 bits per heavy atom. The number of hydrogen-bond donors (Lipinski definition) is 8. The van der Waals surface area contributed by atoms with Crippen molar-refractivity contribution in [3.8, 4) is 0 Å². The molecule has 0 heterocycles. The molecule has 11 N–H and O–H groups in total. The van der Waals surface area contributed by atoms with E-state index >= 15 is 0 Å². The second-order valence-corrected chi connectivity index (χ2v) is 6.39. The second-order valence-electron chi connectivity index (χ2n) is 6.39. The van der Waals surface area contributed by atoms with Crippen molar-refractivity contribution in [1.29, 1.82) is 0 Å². The fourth-order valence-corrected chi connectivity index (χ4v) is 2.29. The molecule has 15 nitrogen and oxygen atoms in total. The Morgan fingerprint density at radius 2 is 1.19 bits per heavy atom. The molecular weight excluding hydrogens is 420 g/mol. The molecule has 0 radical (unpaired) electrons. The summed E-state index contributed by atoms with van der Waals surface area (Å²) in [5.74, 6) is -7.46. The van der Waals surface area contributed by atoms with Crippen molar-refractivity contribution in [3.05, 3.63) is 0 Å². The van der Waals surface area contributed by atoms with Gasteiger partial charge in [-0.15, -0.1) is 0 Å². The first kappa shape index (κ1) is 27.2. The summed E-state index contributed by atoms with van der Waals surface area (Å²) in [6.07, 6.45) is -2.28. The molecule has 31 heavy (non-hydrogen) atoms. The molecule has 0 aromatic heterocycles. The first-order chi connectivity index (χ1) is 14.4. The summed E-state index contributed by atoms with van der Waals surface area (Å²) in [5, 5.41) is 24.3. The van der Waals surface area contributed by atoms with Gasteiger partial charge in [0, 0.05) is 12.8 Å². The van der Waals surface area contributed by atoms with Crippen molar-refractivity contribution in [1.82, 2.24) is 16.0 Å². The third kappa shape index (κ3) is 11.7. The van der Waals surface area contributed by atoms with Crippen LogP contribution in [0.1, 0.15) is 32.1 Å². The van der Waals surface area contributed by atoms with Gasteiger partial charge >= 0.3 is 11.9 Å². The summed E-state index contributed by atoms with van der Waals surface area (Å²) in [4.78, 5) is 80.5. The van der Waals surface area contributed by atoms with Gasteiger partial charge in [-0.2, -0.15) is 0 Å². The van der Waals surface area contributed by atoms with Gasteiger partial charge in [0.2, 0.25) is 29.5 Å². The maximum absolute atomic E-state index is 12.5. The van der Waals surface area contributed by atoms with E-state index in [0.29, 0.717) is 0 Å². The van der Waals surface area contributed by atoms with Crippen molar-refractivity contribution >= 4 is 41.5 Å². The van der Waals surface area contributed by atoms with Crippen LogP contribution < -0.4 is 33.2 Å². The molecule has 15 heteroatoms. The molecule has 0 aliphatic rings. The maximum atomic E-state index is 12.5. The number of nitrogens with two attached hydrogens (primary N) is 3. The zero-order chi connectivity index (χ0) is 24.1. The molecule has 0 aromatic carbocycles. The molecule has 174 valence electrons. The van der Waals surface area contributed by atoms with Crippen LogP contribution in [0.15, 0.2) is 0 Å². The first-order valence-electron chi connectivity index (χ1n) is 8.98. The summed E-state index contributed by atoms with van der Waals surface area (Å²) >= 11 is 0. The highest BCUT2D eigenvalue weighted by atomic mass is 16.4. The third-order valence-corrected chi connectivity index (χ3v) is 3.82. The van der Waals surface area contributed by atoms with Crippen LogP contribution in [0.25, 0.3) is 0 Å². The van der Waals surface area contributed by atoms with E-state index in [1.807, 2.05) is 5.32 Å². The average molecular weight is 446 g/mol. The van der Waals surface area contributed by atoms with Crippen molar-refractivity contribution in [2.24, 2.45) is 17.2 Å². The number of rotatable bonds is 15. The van der Waals surface area contributed by atoms with E-state index < -0.39 is 79.0 Å². The topological polar surface area (TPSA) is 274 Å². The lowest BCUT2D eigenvalue weighted by atomic mass is 10.1. The minimum atomic E-state index is -1.70. The van der Waals surface area contributed by atoms with Gasteiger partial charge in [-0.05, 0) is 12.8 Å². The van der Waals surface area contributed by atoms with Gasteiger partial charge in [-0.25, -0.2) is 4.79 Å². The van der Waals surface area contributed by atoms with E-state index in [9.17, 15) is 33.6 Å². The molecule has 0 spiro atoms. The number of primary amides is 2. The zero-order valence-corrected chi connectivity index (χ0v) is 16.5. The Morgan fingerprint density at radius 3 is 1.61 bits per heavy atom. The van der Waals surface area contributed by atoms with Crippen LogP contribution in [0.3, 0.4) is 0 Å². The number of amides is 5. The number of nitrogens with one attached hydrogen (secondary N) is 3. The van der Waals surface area contributed by atoms with Crippen LogP contribution in [-0.4, -0.2) is 76.4 Å². The minimum absolute atomic E-state index is 0.337. The lowest BCUT2D eigenvalue weighted by Crippen LogP contribution is -2.56. The van der Waals surface area contributed by atoms with Gasteiger partial charge in [0.1, 0.15) is 18.1 Å². The number of carbonyl (C=O) groups excluding carboxylic acids is 5. The fourth-order valence-electron chi connectivity index (χ4n) is 2.29. The van der Waals surface area contributed by atoms with E-state index in [1.165, 1.54) is 0 Å². The predicted molar refractivity (Wildman–Crippen MR) is 102 cm³/mol. The highest BCUT2D eigenvalue weighted by Gasteiger charge is 2.30. The monoisotopic (exact) mass is 446 g/mol. The third-order valence-electron chi connectivity index (χ3n) is 3.82. The fraction of sp³-hybridized carbons (Fsp3) is 0.562. The normalized spacial score (nSPS) is 13.2. The van der Waals surface area contributed by atoms with Gasteiger partial charge in [0.25, 0.3) is 0 Å². The Kier molecular flexibility index (Phi) is 11.8. The molecule has 0 fully saturated rings. The van der Waals surface area contributed by atoms with E-state index in [2.05, 4.69) is 10.6 Å². The molecule has 3 atom stereocenters. The predicted octanol–water partition coefficient (Wildman–Crippen LogP) is -4.51. The summed E-state index contributed by atoms with van der Waals surface area (Å²) < 4.78 is 0. The van der Waals surface area contributed by atoms with Gasteiger partial charge < -0.3 is 43.4 Å². The maximum Gasteiger partial charge on any atom is 0.326 e. The molecule has 0 bridgehead atoms. The lowest BCUT2D eigenvalue weighted by Gasteiger charge is -2.24. The van der Waals surface area contributed by atoms with Crippen molar-refractivity contribution < 1.29 is 43.8 Å². The van der Waals surface area contributed by atoms with Crippen LogP contribution in [0.5, 0.6) is 0 Å². The number of carboxylic acid groups (broad SMARTS) is 2. The summed E-state index contributed by atoms with van der Waals surface area (Å²) in [6, 6.07) is -4.56. The molecule has 5 amide bonds. The van der Waals surface area contributed by atoms with Crippen LogP contribution in [0.4, 0.5) is 0 Å². The van der Waals surface area contributed by atoms with E-state index in [0.717, 1.165) is 0 Å². The molecule has 0 aliphatic heterocycles. The molecule has 0 aromatic rings. The second kappa shape index (κ2) is 13.5. The Labute approximate surface area is 176 Å². The molecule has 3 unspecified atom stereocenters. The highest BCUT2D eigenvalue weighted by Crippen LogP contribution is 2.04. The van der Waals surface area contributed by atoms with E-state index in [1.54, 1.807) is 0 Å². The Balaban J connectivity index is 5.48. The largest absolute Gasteiger partial charge is 0.481 e. The van der Waals surface area contributed by atoms with Gasteiger partial charge in [0.05, 0.1) is 13.0 Å². The highest BCUT2D eigenvalue weighted by molar-refractivity contribution is 5.94. The van der Waals surface area contributed by atoms with E-state index in [4.69, 9.17) is 27.4 Å².